The van der Waals surface area contributed by atoms with Crippen molar-refractivity contribution in [2.24, 2.45) is 0 Å². The van der Waals surface area contributed by atoms with E-state index in [0.29, 0.717) is 13.2 Å². The third-order valence-electron chi connectivity index (χ3n) is 2.76. The third-order valence-corrected chi connectivity index (χ3v) is 2.76. The zero-order valence-electron chi connectivity index (χ0n) is 11.8. The second-order valence-corrected chi connectivity index (χ2v) is 4.51. The number of halogens is 3. The van der Waals surface area contributed by atoms with Gasteiger partial charge in [-0.05, 0) is 11.6 Å². The summed E-state index contributed by atoms with van der Waals surface area (Å²) in [5.41, 5.74) is -0.513. The lowest BCUT2D eigenvalue weighted by molar-refractivity contribution is -0.138. The molecule has 0 aliphatic heterocycles. The molecule has 0 heterocycles. The van der Waals surface area contributed by atoms with Crippen molar-refractivity contribution in [3.63, 3.8) is 0 Å². The Morgan fingerprint density at radius 2 is 1.95 bits per heavy atom. The lowest BCUT2D eigenvalue weighted by Crippen LogP contribution is -2.31. The molecule has 0 amide bonds. The summed E-state index contributed by atoms with van der Waals surface area (Å²) in [5.74, 6) is 0. The Bertz CT molecular complexity index is 413. The largest absolute Gasteiger partial charge is 0.416 e. The molecule has 4 nitrogen and oxygen atoms in total. The highest BCUT2D eigenvalue weighted by atomic mass is 19.4. The minimum Gasteiger partial charge on any atom is -0.389 e. The molecule has 2 N–H and O–H groups in total. The second-order valence-electron chi connectivity index (χ2n) is 4.51. The van der Waals surface area contributed by atoms with Gasteiger partial charge in [-0.1, -0.05) is 18.2 Å². The fourth-order valence-electron chi connectivity index (χ4n) is 1.75. The summed E-state index contributed by atoms with van der Waals surface area (Å²) >= 11 is 0. The number of aliphatic hydroxyl groups is 1. The maximum atomic E-state index is 12.8. The molecule has 0 aromatic heterocycles. The predicted octanol–water partition coefficient (Wildman–Crippen LogP) is 1.82. The van der Waals surface area contributed by atoms with Crippen LogP contribution < -0.4 is 5.32 Å². The lowest BCUT2D eigenvalue weighted by atomic mass is 10.1. The highest BCUT2D eigenvalue weighted by Crippen LogP contribution is 2.31. The molecule has 120 valence electrons. The minimum atomic E-state index is -4.37. The molecule has 0 aliphatic rings. The summed E-state index contributed by atoms with van der Waals surface area (Å²) < 4.78 is 48.2. The first-order valence-corrected chi connectivity index (χ1v) is 6.55. The first-order valence-electron chi connectivity index (χ1n) is 6.55. The summed E-state index contributed by atoms with van der Waals surface area (Å²) in [6.45, 7) is 1.09. The van der Waals surface area contributed by atoms with Gasteiger partial charge in [0.15, 0.2) is 0 Å². The van der Waals surface area contributed by atoms with Crippen LogP contribution in [0.15, 0.2) is 24.3 Å². The normalized spacial score (nSPS) is 13.4. The maximum Gasteiger partial charge on any atom is 0.416 e. The number of alkyl halides is 3. The van der Waals surface area contributed by atoms with Crippen LogP contribution in [-0.4, -0.2) is 44.7 Å². The Hall–Kier alpha value is -1.15. The second kappa shape index (κ2) is 8.99. The van der Waals surface area contributed by atoms with Gasteiger partial charge >= 0.3 is 6.18 Å². The van der Waals surface area contributed by atoms with Crippen LogP contribution in [0.2, 0.25) is 0 Å². The fourth-order valence-corrected chi connectivity index (χ4v) is 1.75. The molecule has 1 unspecified atom stereocenters. The van der Waals surface area contributed by atoms with E-state index in [9.17, 15) is 18.3 Å². The van der Waals surface area contributed by atoms with E-state index in [-0.39, 0.29) is 25.3 Å². The van der Waals surface area contributed by atoms with E-state index in [2.05, 4.69) is 5.32 Å². The Labute approximate surface area is 121 Å². The Balaban J connectivity index is 2.36. The van der Waals surface area contributed by atoms with Crippen LogP contribution in [-0.2, 0) is 22.2 Å². The zero-order valence-corrected chi connectivity index (χ0v) is 11.8. The molecular formula is C14H20F3NO3. The maximum absolute atomic E-state index is 12.8. The van der Waals surface area contributed by atoms with E-state index in [0.717, 1.165) is 6.07 Å². The highest BCUT2D eigenvalue weighted by molar-refractivity contribution is 5.29. The summed E-state index contributed by atoms with van der Waals surface area (Å²) in [5, 5.41) is 12.4. The molecule has 1 rings (SSSR count). The van der Waals surface area contributed by atoms with Crippen LogP contribution in [0.3, 0.4) is 0 Å². The molecule has 0 fully saturated rings. The van der Waals surface area contributed by atoms with Crippen molar-refractivity contribution in [1.29, 1.82) is 0 Å². The van der Waals surface area contributed by atoms with Crippen LogP contribution in [0.4, 0.5) is 13.2 Å². The Morgan fingerprint density at radius 1 is 1.24 bits per heavy atom. The molecule has 0 spiro atoms. The lowest BCUT2D eigenvalue weighted by Gasteiger charge is -2.15. The van der Waals surface area contributed by atoms with Crippen LogP contribution >= 0.6 is 0 Å². The Morgan fingerprint density at radius 3 is 2.62 bits per heavy atom. The van der Waals surface area contributed by atoms with E-state index in [1.54, 1.807) is 13.2 Å². The van der Waals surface area contributed by atoms with E-state index in [1.165, 1.54) is 12.1 Å². The van der Waals surface area contributed by atoms with E-state index in [1.807, 2.05) is 0 Å². The molecule has 0 saturated carbocycles. The number of nitrogens with one attached hydrogen (secondary N) is 1. The van der Waals surface area contributed by atoms with Crippen molar-refractivity contribution in [3.05, 3.63) is 35.4 Å². The average molecular weight is 307 g/mol. The van der Waals surface area contributed by atoms with E-state index in [4.69, 9.17) is 9.47 Å². The van der Waals surface area contributed by atoms with Gasteiger partial charge in [0, 0.05) is 20.2 Å². The van der Waals surface area contributed by atoms with Crippen LogP contribution in [0, 0.1) is 0 Å². The van der Waals surface area contributed by atoms with E-state index < -0.39 is 17.8 Å². The molecule has 0 saturated heterocycles. The molecular weight excluding hydrogens is 287 g/mol. The van der Waals surface area contributed by atoms with Crippen LogP contribution in [0.1, 0.15) is 11.1 Å². The van der Waals surface area contributed by atoms with Crippen molar-refractivity contribution in [2.45, 2.75) is 18.8 Å². The number of methoxy groups -OCH3 is 1. The van der Waals surface area contributed by atoms with Crippen molar-refractivity contribution in [2.75, 3.05) is 33.5 Å². The van der Waals surface area contributed by atoms with Crippen LogP contribution in [0.25, 0.3) is 0 Å². The molecule has 1 atom stereocenters. The zero-order chi connectivity index (χ0) is 15.7. The Kier molecular flexibility index (Phi) is 7.66. The fraction of sp³-hybridized carbons (Fsp3) is 0.571. The van der Waals surface area contributed by atoms with Gasteiger partial charge in [0.2, 0.25) is 0 Å². The smallest absolute Gasteiger partial charge is 0.389 e. The molecule has 0 aliphatic carbocycles. The summed E-state index contributed by atoms with van der Waals surface area (Å²) in [4.78, 5) is 0. The number of hydrogen-bond donors (Lipinski definition) is 2. The molecule has 7 heteroatoms. The molecule has 1 aromatic rings. The van der Waals surface area contributed by atoms with Crippen molar-refractivity contribution < 1.29 is 27.8 Å². The van der Waals surface area contributed by atoms with Gasteiger partial charge in [0.25, 0.3) is 0 Å². The number of benzene rings is 1. The molecule has 0 radical (unpaired) electrons. The highest BCUT2D eigenvalue weighted by Gasteiger charge is 2.32. The third kappa shape index (κ3) is 6.90. The summed E-state index contributed by atoms with van der Waals surface area (Å²) in [6.07, 6.45) is -5.15. The number of aliphatic hydroxyl groups excluding tert-OH is 1. The van der Waals surface area contributed by atoms with Crippen molar-refractivity contribution >= 4 is 0 Å². The summed E-state index contributed by atoms with van der Waals surface area (Å²) in [7, 11) is 1.54. The standard InChI is InChI=1S/C14H20F3NO3/c1-20-6-7-21-10-12(19)9-18-8-11-4-2-3-5-13(11)14(15,16)17/h2-5,12,18-19H,6-10H2,1H3. The van der Waals surface area contributed by atoms with Crippen LogP contribution in [0.5, 0.6) is 0 Å². The quantitative estimate of drug-likeness (QED) is 0.683. The SMILES string of the molecule is COCCOCC(O)CNCc1ccccc1C(F)(F)F. The van der Waals surface area contributed by atoms with E-state index >= 15 is 0 Å². The van der Waals surface area contributed by atoms with Gasteiger partial charge < -0.3 is 19.9 Å². The first kappa shape index (κ1) is 17.9. The molecule has 21 heavy (non-hydrogen) atoms. The van der Waals surface area contributed by atoms with Gasteiger partial charge in [-0.2, -0.15) is 13.2 Å². The predicted molar refractivity (Wildman–Crippen MR) is 71.9 cm³/mol. The molecule has 1 aromatic carbocycles. The minimum absolute atomic E-state index is 0.0326. The van der Waals surface area contributed by atoms with Gasteiger partial charge in [-0.25, -0.2) is 0 Å². The van der Waals surface area contributed by atoms with Crippen molar-refractivity contribution in [1.82, 2.24) is 5.32 Å². The topological polar surface area (TPSA) is 50.7 Å². The molecule has 0 bridgehead atoms. The number of rotatable bonds is 9. The number of hydrogen-bond acceptors (Lipinski definition) is 4. The van der Waals surface area contributed by atoms with Gasteiger partial charge in [-0.3, -0.25) is 0 Å². The average Bonchev–Trinajstić information content (AvgIpc) is 2.43. The first-order chi connectivity index (χ1) is 9.95. The van der Waals surface area contributed by atoms with Gasteiger partial charge in [-0.15, -0.1) is 0 Å². The van der Waals surface area contributed by atoms with Crippen molar-refractivity contribution in [3.8, 4) is 0 Å². The van der Waals surface area contributed by atoms with Gasteiger partial charge in [0.05, 0.1) is 31.5 Å². The summed E-state index contributed by atoms with van der Waals surface area (Å²) in [6, 6.07) is 5.36. The monoisotopic (exact) mass is 307 g/mol. The van der Waals surface area contributed by atoms with Gasteiger partial charge in [0.1, 0.15) is 0 Å². The number of ether oxygens (including phenoxy) is 2.